The zero-order valence-corrected chi connectivity index (χ0v) is 19.0. The fourth-order valence-electron chi connectivity index (χ4n) is 3.77. The highest BCUT2D eigenvalue weighted by molar-refractivity contribution is 7.91. The summed E-state index contributed by atoms with van der Waals surface area (Å²) < 4.78 is 30.9. The Bertz CT molecular complexity index is 1350. The van der Waals surface area contributed by atoms with Crippen molar-refractivity contribution in [2.24, 2.45) is 0 Å². The van der Waals surface area contributed by atoms with E-state index >= 15 is 0 Å². The molecule has 6 nitrogen and oxygen atoms in total. The second-order valence-electron chi connectivity index (χ2n) is 8.17. The van der Waals surface area contributed by atoms with Crippen LogP contribution >= 0.6 is 0 Å². The molecule has 0 atom stereocenters. The van der Waals surface area contributed by atoms with Crippen LogP contribution in [0.2, 0.25) is 0 Å². The molecule has 0 amide bonds. The molecule has 166 valence electrons. The second kappa shape index (κ2) is 9.12. The SMILES string of the molecule is Cc1ccc(-c2nc(CS(=O)(=O)CC(=O)CCCc3c[nH]c4ccccc34)c(C)o2)cc1. The second-order valence-corrected chi connectivity index (χ2v) is 10.2. The molecule has 7 heteroatoms. The maximum absolute atomic E-state index is 12.6. The lowest BCUT2D eigenvalue weighted by Gasteiger charge is -2.03. The number of rotatable bonds is 9. The van der Waals surface area contributed by atoms with Crippen molar-refractivity contribution < 1.29 is 17.6 Å². The molecule has 0 bridgehead atoms. The summed E-state index contributed by atoms with van der Waals surface area (Å²) >= 11 is 0. The Morgan fingerprint density at radius 2 is 1.81 bits per heavy atom. The summed E-state index contributed by atoms with van der Waals surface area (Å²) in [4.78, 5) is 19.9. The van der Waals surface area contributed by atoms with Crippen molar-refractivity contribution in [3.05, 3.63) is 77.3 Å². The Kier molecular flexibility index (Phi) is 6.28. The molecule has 0 aliphatic heterocycles. The van der Waals surface area contributed by atoms with E-state index in [9.17, 15) is 13.2 Å². The van der Waals surface area contributed by atoms with Gasteiger partial charge in [0, 0.05) is 29.1 Å². The lowest BCUT2D eigenvalue weighted by atomic mass is 10.1. The third kappa shape index (κ3) is 5.16. The number of hydrogen-bond donors (Lipinski definition) is 1. The first-order chi connectivity index (χ1) is 15.3. The molecule has 0 saturated heterocycles. The van der Waals surface area contributed by atoms with Gasteiger partial charge in [-0.1, -0.05) is 35.9 Å². The van der Waals surface area contributed by atoms with Gasteiger partial charge in [-0.05, 0) is 50.5 Å². The Labute approximate surface area is 187 Å². The summed E-state index contributed by atoms with van der Waals surface area (Å²) in [5.41, 5.74) is 4.45. The summed E-state index contributed by atoms with van der Waals surface area (Å²) in [6.07, 6.45) is 3.50. The molecule has 2 heterocycles. The Morgan fingerprint density at radius 3 is 2.59 bits per heavy atom. The molecule has 0 radical (unpaired) electrons. The summed E-state index contributed by atoms with van der Waals surface area (Å²) in [7, 11) is -3.63. The van der Waals surface area contributed by atoms with E-state index in [-0.39, 0.29) is 18.0 Å². The number of benzene rings is 2. The molecule has 0 aliphatic carbocycles. The van der Waals surface area contributed by atoms with Crippen LogP contribution in [0.25, 0.3) is 22.4 Å². The predicted octanol–water partition coefficient (Wildman–Crippen LogP) is 4.95. The molecule has 0 saturated carbocycles. The zero-order chi connectivity index (χ0) is 22.7. The van der Waals surface area contributed by atoms with Gasteiger partial charge in [0.2, 0.25) is 5.89 Å². The van der Waals surface area contributed by atoms with Crippen LogP contribution < -0.4 is 0 Å². The lowest BCUT2D eigenvalue weighted by Crippen LogP contribution is -2.18. The number of ketones is 1. The number of aromatic nitrogens is 2. The van der Waals surface area contributed by atoms with Crippen LogP contribution in [-0.2, 0) is 26.8 Å². The molecule has 4 rings (SSSR count). The largest absolute Gasteiger partial charge is 0.441 e. The van der Waals surface area contributed by atoms with Gasteiger partial charge in [0.1, 0.15) is 17.3 Å². The number of aryl methyl sites for hydroxylation is 3. The topological polar surface area (TPSA) is 93.0 Å². The van der Waals surface area contributed by atoms with Crippen molar-refractivity contribution >= 4 is 26.5 Å². The van der Waals surface area contributed by atoms with Crippen molar-refractivity contribution in [3.63, 3.8) is 0 Å². The standard InChI is InChI=1S/C25H26N2O4S/c1-17-10-12-19(13-11-17)25-27-24(18(2)31-25)16-32(29,30)15-21(28)7-5-6-20-14-26-23-9-4-3-8-22(20)23/h3-4,8-14,26H,5-7,15-16H2,1-2H3. The number of nitrogens with zero attached hydrogens (tertiary/aromatic N) is 1. The number of para-hydroxylation sites is 1. The highest BCUT2D eigenvalue weighted by atomic mass is 32.2. The number of fused-ring (bicyclic) bond motifs is 1. The van der Waals surface area contributed by atoms with Crippen LogP contribution in [-0.4, -0.2) is 29.9 Å². The van der Waals surface area contributed by atoms with Crippen LogP contribution in [0, 0.1) is 13.8 Å². The summed E-state index contributed by atoms with van der Waals surface area (Å²) in [5, 5.41) is 1.14. The fourth-order valence-corrected chi connectivity index (χ4v) is 5.19. The van der Waals surface area contributed by atoms with Crippen molar-refractivity contribution in [3.8, 4) is 11.5 Å². The molecule has 0 spiro atoms. The number of oxazole rings is 1. The van der Waals surface area contributed by atoms with Gasteiger partial charge in [-0.2, -0.15) is 0 Å². The number of nitrogens with one attached hydrogen (secondary N) is 1. The van der Waals surface area contributed by atoms with E-state index < -0.39 is 15.6 Å². The van der Waals surface area contributed by atoms with Crippen molar-refractivity contribution in [1.82, 2.24) is 9.97 Å². The zero-order valence-electron chi connectivity index (χ0n) is 18.2. The maximum Gasteiger partial charge on any atom is 0.226 e. The number of carbonyl (C=O) groups is 1. The summed E-state index contributed by atoms with van der Waals surface area (Å²) in [6, 6.07) is 15.7. The number of H-pyrrole nitrogens is 1. The van der Waals surface area contributed by atoms with Gasteiger partial charge >= 0.3 is 0 Å². The van der Waals surface area contributed by atoms with E-state index in [2.05, 4.69) is 9.97 Å². The monoisotopic (exact) mass is 450 g/mol. The number of hydrogen-bond acceptors (Lipinski definition) is 5. The van der Waals surface area contributed by atoms with Crippen LogP contribution in [0.15, 0.2) is 59.1 Å². The molecule has 0 unspecified atom stereocenters. The number of Topliss-reactive ketones (excluding diaryl/α,β-unsaturated/α-hetero) is 1. The lowest BCUT2D eigenvalue weighted by molar-refractivity contribution is -0.116. The Balaban J connectivity index is 1.34. The summed E-state index contributed by atoms with van der Waals surface area (Å²) in [5.74, 6) is -0.214. The van der Waals surface area contributed by atoms with E-state index in [1.807, 2.05) is 61.7 Å². The maximum atomic E-state index is 12.6. The highest BCUT2D eigenvalue weighted by Crippen LogP contribution is 2.24. The molecular formula is C25H26N2O4S. The van der Waals surface area contributed by atoms with E-state index in [1.165, 1.54) is 0 Å². The molecule has 0 fully saturated rings. The number of carbonyl (C=O) groups excluding carboxylic acids is 1. The van der Waals surface area contributed by atoms with Crippen LogP contribution in [0.4, 0.5) is 0 Å². The average molecular weight is 451 g/mol. The van der Waals surface area contributed by atoms with Gasteiger partial charge in [0.15, 0.2) is 9.84 Å². The normalized spacial score (nSPS) is 11.8. The van der Waals surface area contributed by atoms with E-state index in [4.69, 9.17) is 4.42 Å². The Morgan fingerprint density at radius 1 is 1.06 bits per heavy atom. The van der Waals surface area contributed by atoms with E-state index in [1.54, 1.807) is 6.92 Å². The smallest absolute Gasteiger partial charge is 0.226 e. The first-order valence-electron chi connectivity index (χ1n) is 10.6. The minimum Gasteiger partial charge on any atom is -0.441 e. The van der Waals surface area contributed by atoms with Gasteiger partial charge in [-0.3, -0.25) is 4.79 Å². The number of sulfone groups is 1. The fraction of sp³-hybridized carbons (Fsp3) is 0.280. The van der Waals surface area contributed by atoms with E-state index in [0.717, 1.165) is 34.0 Å². The molecular weight excluding hydrogens is 424 g/mol. The average Bonchev–Trinajstić information content (AvgIpc) is 3.31. The first kappa shape index (κ1) is 22.0. The van der Waals surface area contributed by atoms with Crippen molar-refractivity contribution in [2.75, 3.05) is 5.75 Å². The van der Waals surface area contributed by atoms with Crippen LogP contribution in [0.3, 0.4) is 0 Å². The highest BCUT2D eigenvalue weighted by Gasteiger charge is 2.22. The first-order valence-corrected chi connectivity index (χ1v) is 12.4. The van der Waals surface area contributed by atoms with E-state index in [0.29, 0.717) is 23.8 Å². The van der Waals surface area contributed by atoms with Crippen molar-refractivity contribution in [1.29, 1.82) is 0 Å². The van der Waals surface area contributed by atoms with Gasteiger partial charge in [0.25, 0.3) is 0 Å². The van der Waals surface area contributed by atoms with Gasteiger partial charge < -0.3 is 9.40 Å². The molecule has 32 heavy (non-hydrogen) atoms. The van der Waals surface area contributed by atoms with Gasteiger partial charge in [-0.25, -0.2) is 13.4 Å². The predicted molar refractivity (Wildman–Crippen MR) is 125 cm³/mol. The van der Waals surface area contributed by atoms with Gasteiger partial charge in [0.05, 0.1) is 11.4 Å². The number of aromatic amines is 1. The third-order valence-electron chi connectivity index (χ3n) is 5.51. The van der Waals surface area contributed by atoms with Gasteiger partial charge in [-0.15, -0.1) is 0 Å². The molecule has 0 aliphatic rings. The Hall–Kier alpha value is -3.19. The molecule has 2 aromatic carbocycles. The van der Waals surface area contributed by atoms with Crippen LogP contribution in [0.5, 0.6) is 0 Å². The third-order valence-corrected chi connectivity index (χ3v) is 6.98. The summed E-state index contributed by atoms with van der Waals surface area (Å²) in [6.45, 7) is 3.68. The quantitative estimate of drug-likeness (QED) is 0.390. The minimum atomic E-state index is -3.63. The van der Waals surface area contributed by atoms with Crippen molar-refractivity contribution in [2.45, 2.75) is 38.9 Å². The molecule has 1 N–H and O–H groups in total. The molecule has 2 aromatic heterocycles. The van der Waals surface area contributed by atoms with Crippen LogP contribution in [0.1, 0.15) is 35.4 Å². The molecule has 4 aromatic rings. The minimum absolute atomic E-state index is 0.227.